The molecule has 0 aliphatic carbocycles. The van der Waals surface area contributed by atoms with E-state index in [1.54, 1.807) is 12.1 Å². The molecule has 37 heavy (non-hydrogen) atoms. The SMILES string of the molecule is COc1cc2ncnc(Nc3ccc(F)c(Cl)c3)c2cc1NC(=O)/C(F)=C\CN1C[C@@H]2OCCO[C@H]2C1. The highest BCUT2D eigenvalue weighted by Gasteiger charge is 2.36. The maximum atomic E-state index is 14.7. The molecule has 0 bridgehead atoms. The number of fused-ring (bicyclic) bond motifs is 2. The number of aromatic nitrogens is 2. The lowest BCUT2D eigenvalue weighted by atomic mass is 10.1. The van der Waals surface area contributed by atoms with E-state index in [1.165, 1.54) is 37.7 Å². The van der Waals surface area contributed by atoms with Gasteiger partial charge in [-0.3, -0.25) is 9.69 Å². The molecule has 0 spiro atoms. The van der Waals surface area contributed by atoms with Gasteiger partial charge < -0.3 is 24.8 Å². The summed E-state index contributed by atoms with van der Waals surface area (Å²) in [7, 11) is 1.43. The van der Waals surface area contributed by atoms with Crippen molar-refractivity contribution in [1.29, 1.82) is 0 Å². The van der Waals surface area contributed by atoms with E-state index in [0.717, 1.165) is 0 Å². The third-order valence-electron chi connectivity index (χ3n) is 6.17. The minimum atomic E-state index is -0.928. The van der Waals surface area contributed by atoms with Crippen LogP contribution in [0.1, 0.15) is 0 Å². The number of amides is 1. The van der Waals surface area contributed by atoms with Crippen LogP contribution in [0.4, 0.5) is 26.0 Å². The number of methoxy groups -OCH3 is 1. The number of hydrogen-bond donors (Lipinski definition) is 2. The van der Waals surface area contributed by atoms with Crippen molar-refractivity contribution in [3.63, 3.8) is 0 Å². The largest absolute Gasteiger partial charge is 0.494 e. The van der Waals surface area contributed by atoms with E-state index in [9.17, 15) is 13.6 Å². The lowest BCUT2D eigenvalue weighted by molar-refractivity contribution is -0.116. The van der Waals surface area contributed by atoms with Gasteiger partial charge in [0.1, 0.15) is 23.7 Å². The summed E-state index contributed by atoms with van der Waals surface area (Å²) in [5.74, 6) is -1.72. The Labute approximate surface area is 216 Å². The summed E-state index contributed by atoms with van der Waals surface area (Å²) in [5.41, 5.74) is 1.24. The Balaban J connectivity index is 1.33. The predicted molar refractivity (Wildman–Crippen MR) is 135 cm³/mol. The molecule has 2 saturated heterocycles. The first-order chi connectivity index (χ1) is 17.9. The molecule has 1 amide bonds. The topological polar surface area (TPSA) is 97.8 Å². The fraction of sp³-hybridized carbons (Fsp3) is 0.320. The molecule has 194 valence electrons. The summed E-state index contributed by atoms with van der Waals surface area (Å²) < 4.78 is 45.0. The number of nitrogens with zero attached hydrogens (tertiary/aromatic N) is 3. The summed E-state index contributed by atoms with van der Waals surface area (Å²) in [6.07, 6.45) is 2.52. The van der Waals surface area contributed by atoms with E-state index in [0.29, 0.717) is 54.5 Å². The number of carbonyl (C=O) groups excluding carboxylic acids is 1. The van der Waals surface area contributed by atoms with E-state index in [2.05, 4.69) is 20.6 Å². The molecule has 0 radical (unpaired) electrons. The lowest BCUT2D eigenvalue weighted by Gasteiger charge is -2.24. The molecular formula is C25H24ClF2N5O4. The fourth-order valence-corrected chi connectivity index (χ4v) is 4.51. The van der Waals surface area contributed by atoms with Crippen LogP contribution in [0.2, 0.25) is 5.02 Å². The summed E-state index contributed by atoms with van der Waals surface area (Å²) in [4.78, 5) is 23.1. The maximum absolute atomic E-state index is 14.7. The Hall–Kier alpha value is -3.38. The van der Waals surface area contributed by atoms with Crippen LogP contribution < -0.4 is 15.4 Å². The van der Waals surface area contributed by atoms with Crippen molar-refractivity contribution in [2.75, 3.05) is 50.6 Å². The van der Waals surface area contributed by atoms with E-state index >= 15 is 0 Å². The number of nitrogens with one attached hydrogen (secondary N) is 2. The highest BCUT2D eigenvalue weighted by atomic mass is 35.5. The van der Waals surface area contributed by atoms with Crippen LogP contribution in [-0.2, 0) is 14.3 Å². The number of halogens is 3. The molecule has 2 N–H and O–H groups in total. The Bertz CT molecular complexity index is 1340. The smallest absolute Gasteiger partial charge is 0.284 e. The number of anilines is 3. The van der Waals surface area contributed by atoms with Gasteiger partial charge in [0.15, 0.2) is 5.83 Å². The molecule has 0 saturated carbocycles. The number of hydrogen-bond acceptors (Lipinski definition) is 8. The fourth-order valence-electron chi connectivity index (χ4n) is 4.33. The van der Waals surface area contributed by atoms with Gasteiger partial charge in [-0.25, -0.2) is 18.7 Å². The second-order valence-electron chi connectivity index (χ2n) is 8.59. The van der Waals surface area contributed by atoms with Gasteiger partial charge in [0, 0.05) is 36.8 Å². The average molecular weight is 532 g/mol. The van der Waals surface area contributed by atoms with Gasteiger partial charge in [-0.2, -0.15) is 0 Å². The van der Waals surface area contributed by atoms with Crippen LogP contribution in [0.25, 0.3) is 10.9 Å². The third kappa shape index (κ3) is 5.64. The molecule has 2 atom stereocenters. The molecule has 3 heterocycles. The zero-order valence-electron chi connectivity index (χ0n) is 19.8. The van der Waals surface area contributed by atoms with Crippen LogP contribution >= 0.6 is 11.6 Å². The van der Waals surface area contributed by atoms with E-state index in [1.807, 2.05) is 4.90 Å². The summed E-state index contributed by atoms with van der Waals surface area (Å²) in [6.45, 7) is 2.58. The molecule has 12 heteroatoms. The van der Waals surface area contributed by atoms with Gasteiger partial charge in [-0.1, -0.05) is 11.6 Å². The zero-order valence-corrected chi connectivity index (χ0v) is 20.6. The Morgan fingerprint density at radius 3 is 2.68 bits per heavy atom. The normalized spacial score (nSPS) is 20.1. The lowest BCUT2D eigenvalue weighted by Crippen LogP contribution is -2.36. The standard InChI is InChI=1S/C25H24ClF2N5O4/c1-35-21-10-19-15(24(30-13-29-19)31-14-2-3-17(27)16(26)8-14)9-20(21)32-25(34)18(28)4-5-33-11-22-23(12-33)37-7-6-36-22/h2-4,8-10,13,22-23H,5-7,11-12H2,1H3,(H,32,34)(H,29,30,31)/b18-4+/t22-,23-/m0/s1. The molecule has 1 aromatic heterocycles. The number of carbonyl (C=O) groups is 1. The average Bonchev–Trinajstić information content (AvgIpc) is 3.32. The summed E-state index contributed by atoms with van der Waals surface area (Å²) >= 11 is 5.88. The van der Waals surface area contributed by atoms with Gasteiger partial charge >= 0.3 is 0 Å². The van der Waals surface area contributed by atoms with Gasteiger partial charge in [0.05, 0.1) is 48.8 Å². The minimum Gasteiger partial charge on any atom is -0.494 e. The molecule has 2 aliphatic heterocycles. The van der Waals surface area contributed by atoms with Crippen LogP contribution in [0.15, 0.2) is 48.6 Å². The highest BCUT2D eigenvalue weighted by Crippen LogP contribution is 2.34. The van der Waals surface area contributed by atoms with E-state index in [4.69, 9.17) is 25.8 Å². The zero-order chi connectivity index (χ0) is 25.9. The molecule has 2 aliphatic rings. The van der Waals surface area contributed by atoms with Crippen molar-refractivity contribution in [1.82, 2.24) is 14.9 Å². The van der Waals surface area contributed by atoms with Crippen molar-refractivity contribution < 1.29 is 27.8 Å². The van der Waals surface area contributed by atoms with Gasteiger partial charge in [0.2, 0.25) is 0 Å². The van der Waals surface area contributed by atoms with Crippen molar-refractivity contribution in [2.24, 2.45) is 0 Å². The number of benzene rings is 2. The Kier molecular flexibility index (Phi) is 7.47. The van der Waals surface area contributed by atoms with Crippen LogP contribution in [0.5, 0.6) is 5.75 Å². The molecule has 2 aromatic carbocycles. The third-order valence-corrected chi connectivity index (χ3v) is 6.46. The predicted octanol–water partition coefficient (Wildman–Crippen LogP) is 4.07. The summed E-state index contributed by atoms with van der Waals surface area (Å²) in [5, 5.41) is 6.09. The Morgan fingerprint density at radius 2 is 1.97 bits per heavy atom. The first-order valence-corrected chi connectivity index (χ1v) is 12.0. The van der Waals surface area contributed by atoms with E-state index in [-0.39, 0.29) is 29.5 Å². The molecule has 2 fully saturated rings. The van der Waals surface area contributed by atoms with Crippen molar-refractivity contribution >= 4 is 45.6 Å². The molecular weight excluding hydrogens is 508 g/mol. The van der Waals surface area contributed by atoms with E-state index < -0.39 is 17.6 Å². The molecule has 3 aromatic rings. The van der Waals surface area contributed by atoms with Crippen molar-refractivity contribution in [2.45, 2.75) is 12.2 Å². The first-order valence-electron chi connectivity index (χ1n) is 11.6. The second kappa shape index (κ2) is 10.9. The maximum Gasteiger partial charge on any atom is 0.284 e. The minimum absolute atomic E-state index is 0.0307. The number of rotatable bonds is 7. The van der Waals surface area contributed by atoms with Crippen molar-refractivity contribution in [3.05, 3.63) is 59.4 Å². The van der Waals surface area contributed by atoms with Crippen LogP contribution in [0.3, 0.4) is 0 Å². The molecule has 5 rings (SSSR count). The molecule has 9 nitrogen and oxygen atoms in total. The van der Waals surface area contributed by atoms with Gasteiger partial charge in [-0.05, 0) is 30.3 Å². The van der Waals surface area contributed by atoms with Gasteiger partial charge in [-0.15, -0.1) is 0 Å². The second-order valence-corrected chi connectivity index (χ2v) is 9.00. The van der Waals surface area contributed by atoms with Crippen molar-refractivity contribution in [3.8, 4) is 5.75 Å². The molecule has 0 unspecified atom stereocenters. The van der Waals surface area contributed by atoms with Crippen LogP contribution in [0, 0.1) is 5.82 Å². The summed E-state index contributed by atoms with van der Waals surface area (Å²) in [6, 6.07) is 7.34. The number of ether oxygens (including phenoxy) is 3. The highest BCUT2D eigenvalue weighted by molar-refractivity contribution is 6.31. The van der Waals surface area contributed by atoms with Crippen LogP contribution in [-0.4, -0.2) is 72.9 Å². The quantitative estimate of drug-likeness (QED) is 0.440. The van der Waals surface area contributed by atoms with Gasteiger partial charge in [0.25, 0.3) is 5.91 Å². The Morgan fingerprint density at radius 1 is 1.22 bits per heavy atom. The number of likely N-dealkylation sites (tertiary alicyclic amines) is 1. The monoisotopic (exact) mass is 531 g/mol. The first kappa shape index (κ1) is 25.3.